The number of halogens is 1. The molecule has 1 unspecified atom stereocenters. The molecular formula is C18H23ClN2O3S. The van der Waals surface area contributed by atoms with Crippen molar-refractivity contribution in [2.45, 2.75) is 11.8 Å². The zero-order chi connectivity index (χ0) is 18.4. The number of sulfonamides is 1. The van der Waals surface area contributed by atoms with Crippen molar-refractivity contribution in [1.29, 1.82) is 0 Å². The van der Waals surface area contributed by atoms with E-state index >= 15 is 0 Å². The lowest BCUT2D eigenvalue weighted by Crippen LogP contribution is -2.35. The van der Waals surface area contributed by atoms with E-state index in [9.17, 15) is 8.42 Å². The number of hydrogen-bond donors (Lipinski definition) is 1. The smallest absolute Gasteiger partial charge is 0.215 e. The van der Waals surface area contributed by atoms with Gasteiger partial charge in [-0.05, 0) is 49.5 Å². The van der Waals surface area contributed by atoms with Crippen LogP contribution in [-0.4, -0.2) is 41.1 Å². The third-order valence-electron chi connectivity index (χ3n) is 3.89. The second-order valence-electron chi connectivity index (χ2n) is 5.99. The Morgan fingerprint density at radius 1 is 1.08 bits per heavy atom. The Kier molecular flexibility index (Phi) is 6.84. The average molecular weight is 383 g/mol. The first-order chi connectivity index (χ1) is 11.8. The highest BCUT2D eigenvalue weighted by Crippen LogP contribution is 2.21. The molecule has 2 rings (SSSR count). The lowest BCUT2D eigenvalue weighted by Gasteiger charge is -2.25. The summed E-state index contributed by atoms with van der Waals surface area (Å²) in [5, 5.41) is 0.585. The molecule has 0 aliphatic heterocycles. The van der Waals surface area contributed by atoms with Crippen LogP contribution < -0.4 is 9.46 Å². The topological polar surface area (TPSA) is 58.6 Å². The van der Waals surface area contributed by atoms with E-state index in [1.165, 1.54) is 0 Å². The van der Waals surface area contributed by atoms with E-state index < -0.39 is 10.0 Å². The Hall–Kier alpha value is -1.60. The standard InChI is InChI=1S/C18H23ClN2O3S/c1-21(2)18(15-6-10-17(24-3)11-7-15)12-20-25(22,23)13-14-4-8-16(19)9-5-14/h4-11,18,20H,12-13H2,1-3H3. The van der Waals surface area contributed by atoms with Crippen molar-refractivity contribution < 1.29 is 13.2 Å². The van der Waals surface area contributed by atoms with E-state index in [4.69, 9.17) is 16.3 Å². The van der Waals surface area contributed by atoms with Crippen LogP contribution in [0.2, 0.25) is 5.02 Å². The Morgan fingerprint density at radius 2 is 1.68 bits per heavy atom. The molecule has 0 saturated carbocycles. The van der Waals surface area contributed by atoms with Gasteiger partial charge in [-0.1, -0.05) is 35.9 Å². The Morgan fingerprint density at radius 3 is 2.20 bits per heavy atom. The second-order valence-corrected chi connectivity index (χ2v) is 8.23. The molecular weight excluding hydrogens is 360 g/mol. The Balaban J connectivity index is 2.05. The first-order valence-electron chi connectivity index (χ1n) is 7.83. The first-order valence-corrected chi connectivity index (χ1v) is 9.86. The summed E-state index contributed by atoms with van der Waals surface area (Å²) >= 11 is 5.83. The molecule has 0 bridgehead atoms. The molecule has 0 spiro atoms. The number of likely N-dealkylation sites (N-methyl/N-ethyl adjacent to an activating group) is 1. The van der Waals surface area contributed by atoms with Gasteiger partial charge in [-0.25, -0.2) is 13.1 Å². The summed E-state index contributed by atoms with van der Waals surface area (Å²) in [5.41, 5.74) is 1.71. The van der Waals surface area contributed by atoms with Crippen LogP contribution in [0.25, 0.3) is 0 Å². The van der Waals surface area contributed by atoms with Gasteiger partial charge in [-0.15, -0.1) is 0 Å². The highest BCUT2D eigenvalue weighted by atomic mass is 35.5. The van der Waals surface area contributed by atoms with Crippen LogP contribution in [0.4, 0.5) is 0 Å². The number of rotatable bonds is 8. The molecule has 0 heterocycles. The maximum atomic E-state index is 12.4. The predicted octanol–water partition coefficient (Wildman–Crippen LogP) is 3.07. The quantitative estimate of drug-likeness (QED) is 0.762. The third kappa shape index (κ3) is 6.01. The first kappa shape index (κ1) is 19.7. The largest absolute Gasteiger partial charge is 0.497 e. The zero-order valence-corrected chi connectivity index (χ0v) is 16.1. The lowest BCUT2D eigenvalue weighted by molar-refractivity contribution is 0.299. The molecule has 5 nitrogen and oxygen atoms in total. The van der Waals surface area contributed by atoms with Crippen molar-refractivity contribution in [3.05, 3.63) is 64.7 Å². The van der Waals surface area contributed by atoms with Crippen LogP contribution in [0.15, 0.2) is 48.5 Å². The second kappa shape index (κ2) is 8.67. The fourth-order valence-corrected chi connectivity index (χ4v) is 3.75. The number of ether oxygens (including phenoxy) is 1. The van der Waals surface area contributed by atoms with Crippen LogP contribution in [0.3, 0.4) is 0 Å². The van der Waals surface area contributed by atoms with Gasteiger partial charge >= 0.3 is 0 Å². The van der Waals surface area contributed by atoms with Gasteiger partial charge in [0.1, 0.15) is 5.75 Å². The van der Waals surface area contributed by atoms with Crippen LogP contribution in [0.5, 0.6) is 5.75 Å². The fraction of sp³-hybridized carbons (Fsp3) is 0.333. The summed E-state index contributed by atoms with van der Waals surface area (Å²) in [6, 6.07) is 14.4. The van der Waals surface area contributed by atoms with E-state index in [-0.39, 0.29) is 18.3 Å². The maximum absolute atomic E-state index is 12.4. The normalized spacial score (nSPS) is 13.0. The number of nitrogens with zero attached hydrogens (tertiary/aromatic N) is 1. The minimum absolute atomic E-state index is 0.0765. The van der Waals surface area contributed by atoms with Gasteiger partial charge in [0.25, 0.3) is 0 Å². The van der Waals surface area contributed by atoms with Crippen molar-refractivity contribution >= 4 is 21.6 Å². The molecule has 25 heavy (non-hydrogen) atoms. The van der Waals surface area contributed by atoms with E-state index in [0.29, 0.717) is 10.6 Å². The predicted molar refractivity (Wildman–Crippen MR) is 102 cm³/mol. The zero-order valence-electron chi connectivity index (χ0n) is 14.6. The number of nitrogens with one attached hydrogen (secondary N) is 1. The van der Waals surface area contributed by atoms with Crippen molar-refractivity contribution in [2.24, 2.45) is 0 Å². The Labute approximate surface area is 154 Å². The summed E-state index contributed by atoms with van der Waals surface area (Å²) in [4.78, 5) is 1.98. The maximum Gasteiger partial charge on any atom is 0.215 e. The van der Waals surface area contributed by atoms with Crippen molar-refractivity contribution in [3.63, 3.8) is 0 Å². The fourth-order valence-electron chi connectivity index (χ4n) is 2.48. The van der Waals surface area contributed by atoms with Crippen molar-refractivity contribution in [2.75, 3.05) is 27.7 Å². The van der Waals surface area contributed by atoms with E-state index in [1.807, 2.05) is 43.3 Å². The molecule has 2 aromatic carbocycles. The summed E-state index contributed by atoms with van der Waals surface area (Å²) in [7, 11) is 2.01. The van der Waals surface area contributed by atoms with Gasteiger partial charge in [0, 0.05) is 17.6 Å². The van der Waals surface area contributed by atoms with Gasteiger partial charge in [-0.3, -0.25) is 0 Å². The molecule has 136 valence electrons. The summed E-state index contributed by atoms with van der Waals surface area (Å²) in [6.45, 7) is 0.287. The molecule has 1 N–H and O–H groups in total. The number of hydrogen-bond acceptors (Lipinski definition) is 4. The molecule has 2 aromatic rings. The number of methoxy groups -OCH3 is 1. The van der Waals surface area contributed by atoms with E-state index in [1.54, 1.807) is 31.4 Å². The van der Waals surface area contributed by atoms with Crippen molar-refractivity contribution in [3.8, 4) is 5.75 Å². The van der Waals surface area contributed by atoms with Gasteiger partial charge in [0.05, 0.1) is 12.9 Å². The highest BCUT2D eigenvalue weighted by Gasteiger charge is 2.18. The SMILES string of the molecule is COc1ccc(C(CNS(=O)(=O)Cc2ccc(Cl)cc2)N(C)C)cc1. The highest BCUT2D eigenvalue weighted by molar-refractivity contribution is 7.88. The molecule has 0 aromatic heterocycles. The van der Waals surface area contributed by atoms with Crippen molar-refractivity contribution in [1.82, 2.24) is 9.62 Å². The molecule has 1 atom stereocenters. The molecule has 0 amide bonds. The summed E-state index contributed by atoms with van der Waals surface area (Å²) in [5.74, 6) is 0.692. The lowest BCUT2D eigenvalue weighted by atomic mass is 10.1. The number of benzene rings is 2. The van der Waals surface area contributed by atoms with Crippen LogP contribution in [-0.2, 0) is 15.8 Å². The molecule has 0 radical (unpaired) electrons. The van der Waals surface area contributed by atoms with Crippen LogP contribution in [0.1, 0.15) is 17.2 Å². The van der Waals surface area contributed by atoms with Gasteiger partial charge in [-0.2, -0.15) is 0 Å². The molecule has 0 saturated heterocycles. The minimum Gasteiger partial charge on any atom is -0.497 e. The third-order valence-corrected chi connectivity index (χ3v) is 5.46. The van der Waals surface area contributed by atoms with Crippen LogP contribution in [0, 0.1) is 0 Å². The molecule has 0 aliphatic rings. The Bertz CT molecular complexity index is 775. The van der Waals surface area contributed by atoms with Crippen LogP contribution >= 0.6 is 11.6 Å². The molecule has 0 aliphatic carbocycles. The monoisotopic (exact) mass is 382 g/mol. The summed E-state index contributed by atoms with van der Waals surface area (Å²) in [6.07, 6.45) is 0. The molecule has 0 fully saturated rings. The van der Waals surface area contributed by atoms with Gasteiger partial charge < -0.3 is 9.64 Å². The van der Waals surface area contributed by atoms with Gasteiger partial charge in [0.2, 0.25) is 10.0 Å². The van der Waals surface area contributed by atoms with Gasteiger partial charge in [0.15, 0.2) is 0 Å². The van der Waals surface area contributed by atoms with E-state index in [2.05, 4.69) is 4.72 Å². The minimum atomic E-state index is -3.44. The van der Waals surface area contributed by atoms with E-state index in [0.717, 1.165) is 11.3 Å². The molecule has 7 heteroatoms. The summed E-state index contributed by atoms with van der Waals surface area (Å²) < 4.78 is 32.6. The average Bonchev–Trinajstić information content (AvgIpc) is 2.57.